The number of carbonyl (C=O) groups is 2. The first-order chi connectivity index (χ1) is 7.77. The van der Waals surface area contributed by atoms with E-state index < -0.39 is 23.5 Å². The molecule has 0 aliphatic carbocycles. The quantitative estimate of drug-likeness (QED) is 0.418. The van der Waals surface area contributed by atoms with Crippen LogP contribution in [0.15, 0.2) is 12.2 Å². The van der Waals surface area contributed by atoms with Gasteiger partial charge in [0, 0.05) is 5.57 Å². The molecule has 0 radical (unpaired) electrons. The van der Waals surface area contributed by atoms with Gasteiger partial charge in [0.25, 0.3) is 5.41 Å². The first-order valence-electron chi connectivity index (χ1n) is 5.28. The third-order valence-electron chi connectivity index (χ3n) is 2.03. The van der Waals surface area contributed by atoms with E-state index >= 15 is 0 Å². The summed E-state index contributed by atoms with van der Waals surface area (Å²) in [4.78, 5) is 22.7. The second-order valence-corrected chi connectivity index (χ2v) is 4.41. The molecule has 17 heavy (non-hydrogen) atoms. The second-order valence-electron chi connectivity index (χ2n) is 3.57. The smallest absolute Gasteiger partial charge is 0.351 e. The third kappa shape index (κ3) is 4.43. The van der Waals surface area contributed by atoms with Crippen molar-refractivity contribution in [2.75, 3.05) is 6.61 Å². The van der Waals surface area contributed by atoms with E-state index in [1.807, 2.05) is 0 Å². The minimum absolute atomic E-state index is 0.0593. The summed E-state index contributed by atoms with van der Waals surface area (Å²) in [7, 11) is 1.74. The number of rotatable bonds is 6. The van der Waals surface area contributed by atoms with Gasteiger partial charge < -0.3 is 9.47 Å². The maximum Gasteiger partial charge on any atom is 0.351 e. The molecule has 0 saturated heterocycles. The predicted molar refractivity (Wildman–Crippen MR) is 65.2 cm³/mol. The molecule has 0 aromatic carbocycles. The van der Waals surface area contributed by atoms with E-state index in [1.54, 1.807) is 23.1 Å². The highest BCUT2D eigenvalue weighted by molar-refractivity contribution is 7.20. The van der Waals surface area contributed by atoms with E-state index in [1.165, 1.54) is 6.92 Å². The van der Waals surface area contributed by atoms with Gasteiger partial charge in [0.1, 0.15) is 0 Å². The summed E-state index contributed by atoms with van der Waals surface area (Å²) in [6, 6.07) is 0. The lowest BCUT2D eigenvalue weighted by Crippen LogP contribution is -2.43. The van der Waals surface area contributed by atoms with Crippen molar-refractivity contribution in [2.24, 2.45) is 0 Å². The highest BCUT2D eigenvalue weighted by Crippen LogP contribution is 2.31. The van der Waals surface area contributed by atoms with Crippen LogP contribution in [0.5, 0.6) is 0 Å². The fraction of sp³-hybridized carbons (Fsp3) is 0.636. The molecule has 0 aromatic heterocycles. The Hall–Kier alpha value is -0.960. The molecular formula is C11H18FO4P. The number of hydrogen-bond acceptors (Lipinski definition) is 4. The summed E-state index contributed by atoms with van der Waals surface area (Å²) in [6.45, 7) is 8.07. The topological polar surface area (TPSA) is 52.6 Å². The maximum absolute atomic E-state index is 14.1. The Kier molecular flexibility index (Phi) is 6.32. The van der Waals surface area contributed by atoms with E-state index in [4.69, 9.17) is 4.74 Å². The van der Waals surface area contributed by atoms with Crippen LogP contribution in [0.2, 0.25) is 0 Å². The van der Waals surface area contributed by atoms with Gasteiger partial charge in [-0.25, -0.2) is 14.0 Å². The van der Waals surface area contributed by atoms with Crippen LogP contribution >= 0.6 is 9.24 Å². The van der Waals surface area contributed by atoms with E-state index in [0.29, 0.717) is 0 Å². The Bertz CT molecular complexity index is 315. The van der Waals surface area contributed by atoms with Crippen molar-refractivity contribution in [2.45, 2.75) is 38.7 Å². The molecule has 0 rings (SSSR count). The molecule has 98 valence electrons. The third-order valence-corrected chi connectivity index (χ3v) is 2.63. The Morgan fingerprint density at radius 2 is 2.00 bits per heavy atom. The van der Waals surface area contributed by atoms with Crippen LogP contribution in [0.4, 0.5) is 4.39 Å². The van der Waals surface area contributed by atoms with Gasteiger partial charge in [-0.3, -0.25) is 0 Å². The standard InChI is InChI=1S/C11H18FO4P/c1-5-8(16-9(13)7(3)4)11(12,17)10(14)15-6-2/h8H,3,5-6,17H2,1-2,4H3. The molecule has 0 aliphatic heterocycles. The molecule has 0 amide bonds. The Labute approximate surface area is 103 Å². The predicted octanol–water partition coefficient (Wildman–Crippen LogP) is 1.99. The van der Waals surface area contributed by atoms with Gasteiger partial charge in [0.15, 0.2) is 6.10 Å². The lowest BCUT2D eigenvalue weighted by molar-refractivity contribution is -0.164. The van der Waals surface area contributed by atoms with Crippen LogP contribution in [0.25, 0.3) is 0 Å². The molecule has 0 bridgehead atoms. The highest BCUT2D eigenvalue weighted by atomic mass is 31.0. The van der Waals surface area contributed by atoms with Crippen molar-refractivity contribution in [1.29, 1.82) is 0 Å². The highest BCUT2D eigenvalue weighted by Gasteiger charge is 2.45. The lowest BCUT2D eigenvalue weighted by atomic mass is 10.1. The van der Waals surface area contributed by atoms with Crippen molar-refractivity contribution in [3.05, 3.63) is 12.2 Å². The molecule has 4 nitrogen and oxygen atoms in total. The Morgan fingerprint density at radius 3 is 2.35 bits per heavy atom. The number of alkyl halides is 1. The SMILES string of the molecule is C=C(C)C(=O)OC(CC)C(F)(P)C(=O)OCC. The van der Waals surface area contributed by atoms with Crippen molar-refractivity contribution >= 4 is 21.2 Å². The van der Waals surface area contributed by atoms with Crippen LogP contribution in [-0.4, -0.2) is 30.1 Å². The molecule has 3 atom stereocenters. The van der Waals surface area contributed by atoms with Crippen molar-refractivity contribution < 1.29 is 23.5 Å². The first kappa shape index (κ1) is 16.0. The molecule has 0 aromatic rings. The Morgan fingerprint density at radius 1 is 1.47 bits per heavy atom. The number of esters is 2. The van der Waals surface area contributed by atoms with Gasteiger partial charge in [0.2, 0.25) is 0 Å². The van der Waals surface area contributed by atoms with Crippen LogP contribution in [0, 0.1) is 0 Å². The number of halogens is 1. The summed E-state index contributed by atoms with van der Waals surface area (Å²) in [5, 5.41) is -2.43. The first-order valence-corrected chi connectivity index (χ1v) is 5.86. The summed E-state index contributed by atoms with van der Waals surface area (Å²) in [5.74, 6) is -1.79. The minimum atomic E-state index is -2.43. The fourth-order valence-corrected chi connectivity index (χ4v) is 1.46. The van der Waals surface area contributed by atoms with E-state index in [2.05, 4.69) is 11.3 Å². The molecule has 0 fully saturated rings. The minimum Gasteiger partial charge on any atom is -0.463 e. The second kappa shape index (κ2) is 6.70. The van der Waals surface area contributed by atoms with Gasteiger partial charge >= 0.3 is 11.9 Å². The van der Waals surface area contributed by atoms with Crippen molar-refractivity contribution in [3.8, 4) is 0 Å². The molecule has 0 aliphatic rings. The molecule has 0 heterocycles. The molecule has 0 spiro atoms. The van der Waals surface area contributed by atoms with Gasteiger partial charge in [-0.2, -0.15) is 0 Å². The van der Waals surface area contributed by atoms with Gasteiger partial charge in [-0.05, 0) is 20.3 Å². The van der Waals surface area contributed by atoms with Crippen LogP contribution in [0.1, 0.15) is 27.2 Å². The monoisotopic (exact) mass is 264 g/mol. The van der Waals surface area contributed by atoms with Gasteiger partial charge in [-0.1, -0.05) is 22.7 Å². The van der Waals surface area contributed by atoms with Crippen LogP contribution in [-0.2, 0) is 19.1 Å². The zero-order valence-electron chi connectivity index (χ0n) is 10.3. The zero-order valence-corrected chi connectivity index (χ0v) is 11.4. The lowest BCUT2D eigenvalue weighted by Gasteiger charge is -2.27. The molecule has 6 heteroatoms. The molecular weight excluding hydrogens is 246 g/mol. The van der Waals surface area contributed by atoms with Crippen molar-refractivity contribution in [1.82, 2.24) is 0 Å². The summed E-state index contributed by atoms with van der Waals surface area (Å²) < 4.78 is 23.6. The summed E-state index contributed by atoms with van der Waals surface area (Å²) in [6.07, 6.45) is -1.06. The summed E-state index contributed by atoms with van der Waals surface area (Å²) >= 11 is 0. The average molecular weight is 264 g/mol. The molecule has 3 unspecified atom stereocenters. The van der Waals surface area contributed by atoms with Crippen LogP contribution in [0.3, 0.4) is 0 Å². The number of carbonyl (C=O) groups excluding carboxylic acids is 2. The van der Waals surface area contributed by atoms with E-state index in [9.17, 15) is 14.0 Å². The van der Waals surface area contributed by atoms with Gasteiger partial charge in [-0.15, -0.1) is 0 Å². The van der Waals surface area contributed by atoms with Crippen LogP contribution < -0.4 is 0 Å². The molecule has 0 N–H and O–H groups in total. The van der Waals surface area contributed by atoms with Crippen molar-refractivity contribution in [3.63, 3.8) is 0 Å². The number of hydrogen-bond donors (Lipinski definition) is 0. The van der Waals surface area contributed by atoms with Gasteiger partial charge in [0.05, 0.1) is 6.61 Å². The largest absolute Gasteiger partial charge is 0.463 e. The summed E-state index contributed by atoms with van der Waals surface area (Å²) in [5.41, 5.74) is 0.146. The fourth-order valence-electron chi connectivity index (χ4n) is 1.07. The zero-order chi connectivity index (χ0) is 13.6. The number of ether oxygens (including phenoxy) is 2. The maximum atomic E-state index is 14.1. The average Bonchev–Trinajstić information content (AvgIpc) is 2.25. The van der Waals surface area contributed by atoms with E-state index in [-0.39, 0.29) is 18.6 Å². The normalized spacial score (nSPS) is 15.6. The Balaban J connectivity index is 4.79. The van der Waals surface area contributed by atoms with E-state index in [0.717, 1.165) is 0 Å². The molecule has 0 saturated carbocycles.